The minimum atomic E-state index is -0.677. The van der Waals surface area contributed by atoms with Gasteiger partial charge in [-0.3, -0.25) is 4.90 Å². The molecule has 0 saturated heterocycles. The smallest absolute Gasteiger partial charge is 0.338 e. The average molecular weight is 293 g/mol. The molecule has 112 valence electrons. The van der Waals surface area contributed by atoms with E-state index in [4.69, 9.17) is 4.74 Å². The summed E-state index contributed by atoms with van der Waals surface area (Å²) in [5.41, 5.74) is 2.45. The second kappa shape index (κ2) is 7.20. The lowest BCUT2D eigenvalue weighted by Crippen LogP contribution is -2.50. The molecule has 0 aromatic heterocycles. The molecular weight excluding hydrogens is 278 g/mol. The number of nitrogens with one attached hydrogen (secondary N) is 2. The SMILES string of the molecule is O=C(OCCN1CN=C(N[N+](=O)[O-])NC1)c1ccccc1. The summed E-state index contributed by atoms with van der Waals surface area (Å²) in [7, 11) is 0. The predicted molar refractivity (Wildman–Crippen MR) is 73.9 cm³/mol. The van der Waals surface area contributed by atoms with E-state index in [1.54, 1.807) is 24.3 Å². The number of hydrogen-bond acceptors (Lipinski definition) is 7. The summed E-state index contributed by atoms with van der Waals surface area (Å²) in [6, 6.07) is 8.73. The molecule has 1 aliphatic rings. The molecule has 9 nitrogen and oxygen atoms in total. The van der Waals surface area contributed by atoms with Crippen LogP contribution in [0, 0.1) is 10.1 Å². The van der Waals surface area contributed by atoms with Gasteiger partial charge in [0.1, 0.15) is 6.61 Å². The summed E-state index contributed by atoms with van der Waals surface area (Å²) in [6.45, 7) is 1.40. The molecule has 0 atom stereocenters. The fourth-order valence-corrected chi connectivity index (χ4v) is 1.70. The molecule has 0 radical (unpaired) electrons. The number of nitro groups is 1. The molecule has 0 aliphatic carbocycles. The van der Waals surface area contributed by atoms with E-state index >= 15 is 0 Å². The Hall–Kier alpha value is -2.68. The third-order valence-electron chi connectivity index (χ3n) is 2.75. The van der Waals surface area contributed by atoms with Crippen LogP contribution in [0.25, 0.3) is 0 Å². The van der Waals surface area contributed by atoms with Gasteiger partial charge in [-0.1, -0.05) is 23.6 Å². The van der Waals surface area contributed by atoms with Gasteiger partial charge >= 0.3 is 5.97 Å². The summed E-state index contributed by atoms with van der Waals surface area (Å²) in [5.74, 6) is -0.252. The molecule has 0 amide bonds. The van der Waals surface area contributed by atoms with Crippen molar-refractivity contribution in [2.45, 2.75) is 0 Å². The van der Waals surface area contributed by atoms with Crippen molar-refractivity contribution in [1.82, 2.24) is 15.6 Å². The average Bonchev–Trinajstić information content (AvgIpc) is 2.49. The van der Waals surface area contributed by atoms with Gasteiger partial charge in [0.15, 0.2) is 5.03 Å². The van der Waals surface area contributed by atoms with Crippen LogP contribution in [-0.2, 0) is 4.74 Å². The van der Waals surface area contributed by atoms with Gasteiger partial charge in [0.2, 0.25) is 0 Å². The minimum Gasteiger partial charge on any atom is -0.461 e. The molecule has 1 aliphatic heterocycles. The first-order valence-electron chi connectivity index (χ1n) is 6.29. The van der Waals surface area contributed by atoms with Gasteiger partial charge in [0.25, 0.3) is 5.96 Å². The molecule has 1 aromatic rings. The Morgan fingerprint density at radius 3 is 2.86 bits per heavy atom. The molecule has 1 aromatic carbocycles. The zero-order chi connectivity index (χ0) is 15.1. The van der Waals surface area contributed by atoms with E-state index in [2.05, 4.69) is 10.3 Å². The van der Waals surface area contributed by atoms with Crippen LogP contribution in [0.2, 0.25) is 0 Å². The van der Waals surface area contributed by atoms with Crippen LogP contribution >= 0.6 is 0 Å². The van der Waals surface area contributed by atoms with Crippen LogP contribution in [0.3, 0.4) is 0 Å². The Morgan fingerprint density at radius 1 is 1.48 bits per heavy atom. The first-order chi connectivity index (χ1) is 10.1. The van der Waals surface area contributed by atoms with Crippen molar-refractivity contribution in [3.63, 3.8) is 0 Å². The molecule has 2 rings (SSSR count). The van der Waals surface area contributed by atoms with Crippen molar-refractivity contribution in [3.8, 4) is 0 Å². The van der Waals surface area contributed by atoms with Crippen molar-refractivity contribution in [2.24, 2.45) is 4.99 Å². The summed E-state index contributed by atoms with van der Waals surface area (Å²) in [4.78, 5) is 27.7. The lowest BCUT2D eigenvalue weighted by atomic mass is 10.2. The number of guanidine groups is 1. The summed E-state index contributed by atoms with van der Waals surface area (Å²) < 4.78 is 5.14. The highest BCUT2D eigenvalue weighted by Gasteiger charge is 2.15. The van der Waals surface area contributed by atoms with Gasteiger partial charge < -0.3 is 10.1 Å². The van der Waals surface area contributed by atoms with Crippen molar-refractivity contribution >= 4 is 11.9 Å². The lowest BCUT2D eigenvalue weighted by Gasteiger charge is -2.24. The van der Waals surface area contributed by atoms with Crippen molar-refractivity contribution < 1.29 is 14.6 Å². The molecule has 0 unspecified atom stereocenters. The Labute approximate surface area is 120 Å². The van der Waals surface area contributed by atoms with E-state index in [0.29, 0.717) is 25.4 Å². The first kappa shape index (κ1) is 14.7. The zero-order valence-electron chi connectivity index (χ0n) is 11.2. The molecule has 0 spiro atoms. The van der Waals surface area contributed by atoms with Crippen molar-refractivity contribution in [1.29, 1.82) is 0 Å². The largest absolute Gasteiger partial charge is 0.461 e. The standard InChI is InChI=1S/C12H15N5O4/c18-11(10-4-2-1-3-5-10)21-7-6-16-8-13-12(14-9-16)15-17(19)20/h1-5H,6-9H2,(H2,13,14,15). The van der Waals surface area contributed by atoms with E-state index in [-0.39, 0.29) is 18.5 Å². The highest BCUT2D eigenvalue weighted by Crippen LogP contribution is 2.01. The van der Waals surface area contributed by atoms with Gasteiger partial charge in [-0.2, -0.15) is 0 Å². The van der Waals surface area contributed by atoms with Crippen molar-refractivity contribution in [2.75, 3.05) is 26.5 Å². The molecule has 1 heterocycles. The fourth-order valence-electron chi connectivity index (χ4n) is 1.70. The summed E-state index contributed by atoms with van der Waals surface area (Å²) in [6.07, 6.45) is 0. The predicted octanol–water partition coefficient (Wildman–Crippen LogP) is -0.199. The van der Waals surface area contributed by atoms with Gasteiger partial charge in [0, 0.05) is 6.54 Å². The monoisotopic (exact) mass is 293 g/mol. The Bertz CT molecular complexity index is 534. The van der Waals surface area contributed by atoms with Crippen LogP contribution in [0.15, 0.2) is 35.3 Å². The third kappa shape index (κ3) is 4.73. The molecular formula is C12H15N5O4. The number of carbonyl (C=O) groups excluding carboxylic acids is 1. The van der Waals surface area contributed by atoms with E-state index in [0.717, 1.165) is 0 Å². The van der Waals surface area contributed by atoms with E-state index in [9.17, 15) is 14.9 Å². The molecule has 0 saturated carbocycles. The third-order valence-corrected chi connectivity index (χ3v) is 2.75. The maximum Gasteiger partial charge on any atom is 0.338 e. The highest BCUT2D eigenvalue weighted by atomic mass is 16.7. The maximum absolute atomic E-state index is 11.7. The number of nitrogens with zero attached hydrogens (tertiary/aromatic N) is 3. The number of hydrazine groups is 1. The van der Waals surface area contributed by atoms with Crippen LogP contribution < -0.4 is 10.7 Å². The van der Waals surface area contributed by atoms with E-state index < -0.39 is 5.03 Å². The van der Waals surface area contributed by atoms with Gasteiger partial charge in [-0.05, 0) is 12.1 Å². The number of aliphatic imine (C=N–C) groups is 1. The number of carbonyl (C=O) groups is 1. The second-order valence-electron chi connectivity index (χ2n) is 4.25. The topological polar surface area (TPSA) is 109 Å². The highest BCUT2D eigenvalue weighted by molar-refractivity contribution is 5.89. The molecule has 9 heteroatoms. The summed E-state index contributed by atoms with van der Waals surface area (Å²) in [5, 5.41) is 12.3. The molecule has 2 N–H and O–H groups in total. The molecule has 0 bridgehead atoms. The Balaban J connectivity index is 1.69. The Morgan fingerprint density at radius 2 is 2.24 bits per heavy atom. The summed E-state index contributed by atoms with van der Waals surface area (Å²) >= 11 is 0. The maximum atomic E-state index is 11.7. The number of esters is 1. The van der Waals surface area contributed by atoms with Crippen LogP contribution in [0.1, 0.15) is 10.4 Å². The van der Waals surface area contributed by atoms with Crippen molar-refractivity contribution in [3.05, 3.63) is 46.0 Å². The van der Waals surface area contributed by atoms with Crippen LogP contribution in [0.5, 0.6) is 0 Å². The normalized spacial score (nSPS) is 14.8. The number of rotatable bonds is 5. The number of ether oxygens (including phenoxy) is 1. The van der Waals surface area contributed by atoms with E-state index in [1.807, 2.05) is 16.4 Å². The van der Waals surface area contributed by atoms with Gasteiger partial charge in [0.05, 0.1) is 18.9 Å². The Kier molecular flexibility index (Phi) is 5.04. The molecule has 21 heavy (non-hydrogen) atoms. The van der Waals surface area contributed by atoms with Crippen LogP contribution in [-0.4, -0.2) is 48.4 Å². The second-order valence-corrected chi connectivity index (χ2v) is 4.25. The lowest BCUT2D eigenvalue weighted by molar-refractivity contribution is -0.525. The number of hydrogen-bond donors (Lipinski definition) is 2. The van der Waals surface area contributed by atoms with Gasteiger partial charge in [-0.25, -0.2) is 19.9 Å². The fraction of sp³-hybridized carbons (Fsp3) is 0.333. The van der Waals surface area contributed by atoms with Gasteiger partial charge in [-0.15, -0.1) is 0 Å². The number of benzene rings is 1. The minimum absolute atomic E-state index is 0.123. The van der Waals surface area contributed by atoms with E-state index in [1.165, 1.54) is 0 Å². The first-order valence-corrected chi connectivity index (χ1v) is 6.29. The molecule has 0 fully saturated rings. The quantitative estimate of drug-likeness (QED) is 0.439. The zero-order valence-corrected chi connectivity index (χ0v) is 11.2. The van der Waals surface area contributed by atoms with Crippen LogP contribution in [0.4, 0.5) is 0 Å².